The normalized spacial score (nSPS) is 20.4. The highest BCUT2D eigenvalue weighted by Crippen LogP contribution is 2.12. The summed E-state index contributed by atoms with van der Waals surface area (Å²) in [5, 5.41) is 2.83. The lowest BCUT2D eigenvalue weighted by Crippen LogP contribution is -2.23. The van der Waals surface area contributed by atoms with Crippen LogP contribution < -0.4 is 5.32 Å². The van der Waals surface area contributed by atoms with Crippen molar-refractivity contribution in [2.45, 2.75) is 26.7 Å². The number of rotatable bonds is 0. The highest BCUT2D eigenvalue weighted by molar-refractivity contribution is 5.93. The van der Waals surface area contributed by atoms with Gasteiger partial charge in [-0.25, -0.2) is 0 Å². The Labute approximate surface area is 61.3 Å². The van der Waals surface area contributed by atoms with Crippen LogP contribution in [-0.4, -0.2) is 12.5 Å². The molecule has 0 fully saturated rings. The van der Waals surface area contributed by atoms with Crippen LogP contribution in [0.25, 0.3) is 0 Å². The van der Waals surface area contributed by atoms with Crippen molar-refractivity contribution in [1.82, 2.24) is 5.32 Å². The zero-order chi connectivity index (χ0) is 7.56. The summed E-state index contributed by atoms with van der Waals surface area (Å²) in [7, 11) is 0. The standard InChI is InChI=1S/C8H13NO/c1-6-4-3-5-9-8(10)7(6)2/h3-5H2,1-2H3,(H,9,10). The third kappa shape index (κ3) is 1.38. The molecule has 1 N–H and O–H groups in total. The molecule has 2 heteroatoms. The molecule has 1 amide bonds. The molecular weight excluding hydrogens is 126 g/mol. The van der Waals surface area contributed by atoms with Crippen LogP contribution >= 0.6 is 0 Å². The van der Waals surface area contributed by atoms with E-state index in [9.17, 15) is 4.79 Å². The molecule has 1 aliphatic rings. The van der Waals surface area contributed by atoms with E-state index in [1.54, 1.807) is 0 Å². The monoisotopic (exact) mass is 139 g/mol. The Balaban J connectivity index is 2.79. The quantitative estimate of drug-likeness (QED) is 0.537. The van der Waals surface area contributed by atoms with Crippen LogP contribution in [0.15, 0.2) is 11.1 Å². The predicted octanol–water partition coefficient (Wildman–Crippen LogP) is 1.23. The van der Waals surface area contributed by atoms with Crippen LogP contribution in [0.2, 0.25) is 0 Å². The second-order valence-electron chi connectivity index (χ2n) is 2.76. The number of carbonyl (C=O) groups is 1. The summed E-state index contributed by atoms with van der Waals surface area (Å²) in [5.74, 6) is 0.106. The van der Waals surface area contributed by atoms with Gasteiger partial charge in [-0.05, 0) is 26.7 Å². The molecule has 0 spiro atoms. The first kappa shape index (κ1) is 7.32. The molecule has 2 nitrogen and oxygen atoms in total. The van der Waals surface area contributed by atoms with Crippen LogP contribution in [0.4, 0.5) is 0 Å². The van der Waals surface area contributed by atoms with Gasteiger partial charge in [0.2, 0.25) is 5.91 Å². The first-order valence-electron chi connectivity index (χ1n) is 3.66. The number of allylic oxidation sites excluding steroid dienone is 1. The Morgan fingerprint density at radius 3 is 2.80 bits per heavy atom. The van der Waals surface area contributed by atoms with Crippen LogP contribution in [-0.2, 0) is 4.79 Å². The van der Waals surface area contributed by atoms with Crippen molar-refractivity contribution in [2.24, 2.45) is 0 Å². The van der Waals surface area contributed by atoms with Crippen molar-refractivity contribution in [3.8, 4) is 0 Å². The van der Waals surface area contributed by atoms with E-state index >= 15 is 0 Å². The van der Waals surface area contributed by atoms with E-state index in [-0.39, 0.29) is 5.91 Å². The van der Waals surface area contributed by atoms with Gasteiger partial charge in [-0.3, -0.25) is 4.79 Å². The Kier molecular flexibility index (Phi) is 2.10. The second-order valence-corrected chi connectivity index (χ2v) is 2.76. The molecule has 0 saturated carbocycles. The van der Waals surface area contributed by atoms with Crippen LogP contribution in [0, 0.1) is 0 Å². The van der Waals surface area contributed by atoms with Gasteiger partial charge in [-0.1, -0.05) is 5.57 Å². The van der Waals surface area contributed by atoms with Gasteiger partial charge in [0, 0.05) is 12.1 Å². The lowest BCUT2D eigenvalue weighted by atomic mass is 10.1. The molecule has 10 heavy (non-hydrogen) atoms. The number of carbonyl (C=O) groups excluding carboxylic acids is 1. The van der Waals surface area contributed by atoms with Gasteiger partial charge < -0.3 is 5.32 Å². The van der Waals surface area contributed by atoms with Gasteiger partial charge in [0.1, 0.15) is 0 Å². The molecule has 1 rings (SSSR count). The molecule has 0 saturated heterocycles. The SMILES string of the molecule is CC1=C(C)C(=O)NCCC1. The van der Waals surface area contributed by atoms with Gasteiger partial charge in [-0.15, -0.1) is 0 Å². The van der Waals surface area contributed by atoms with Gasteiger partial charge in [0.05, 0.1) is 0 Å². The minimum Gasteiger partial charge on any atom is -0.352 e. The molecule has 56 valence electrons. The Bertz CT molecular complexity index is 182. The Morgan fingerprint density at radius 1 is 1.40 bits per heavy atom. The summed E-state index contributed by atoms with van der Waals surface area (Å²) in [5.41, 5.74) is 2.13. The molecule has 1 aliphatic heterocycles. The van der Waals surface area contributed by atoms with Gasteiger partial charge >= 0.3 is 0 Å². The van der Waals surface area contributed by atoms with Crippen molar-refractivity contribution in [1.29, 1.82) is 0 Å². The first-order valence-corrected chi connectivity index (χ1v) is 3.66. The average Bonchev–Trinajstić information content (AvgIpc) is 2.04. The molecule has 1 heterocycles. The maximum absolute atomic E-state index is 11.1. The van der Waals surface area contributed by atoms with E-state index in [0.29, 0.717) is 0 Å². The minimum atomic E-state index is 0.106. The molecule has 0 radical (unpaired) electrons. The average molecular weight is 139 g/mol. The molecular formula is C8H13NO. The van der Waals surface area contributed by atoms with Gasteiger partial charge in [-0.2, -0.15) is 0 Å². The van der Waals surface area contributed by atoms with Crippen molar-refractivity contribution in [3.05, 3.63) is 11.1 Å². The maximum atomic E-state index is 11.1. The van der Waals surface area contributed by atoms with Crippen molar-refractivity contribution < 1.29 is 4.79 Å². The summed E-state index contributed by atoms with van der Waals surface area (Å²) in [4.78, 5) is 11.1. The summed E-state index contributed by atoms with van der Waals surface area (Å²) in [6.45, 7) is 4.74. The third-order valence-electron chi connectivity index (χ3n) is 1.99. The van der Waals surface area contributed by atoms with Crippen LogP contribution in [0.1, 0.15) is 26.7 Å². The molecule has 0 aromatic carbocycles. The van der Waals surface area contributed by atoms with Crippen molar-refractivity contribution in [3.63, 3.8) is 0 Å². The van der Waals surface area contributed by atoms with E-state index in [1.807, 2.05) is 13.8 Å². The van der Waals surface area contributed by atoms with E-state index in [0.717, 1.165) is 25.0 Å². The lowest BCUT2D eigenvalue weighted by molar-refractivity contribution is -0.117. The fraction of sp³-hybridized carbons (Fsp3) is 0.625. The highest BCUT2D eigenvalue weighted by Gasteiger charge is 2.10. The second kappa shape index (κ2) is 2.86. The van der Waals surface area contributed by atoms with Crippen molar-refractivity contribution in [2.75, 3.05) is 6.54 Å². The summed E-state index contributed by atoms with van der Waals surface area (Å²) >= 11 is 0. The summed E-state index contributed by atoms with van der Waals surface area (Å²) < 4.78 is 0. The molecule has 0 unspecified atom stereocenters. The minimum absolute atomic E-state index is 0.106. The van der Waals surface area contributed by atoms with Crippen molar-refractivity contribution >= 4 is 5.91 Å². The zero-order valence-electron chi connectivity index (χ0n) is 6.53. The molecule has 0 aromatic rings. The van der Waals surface area contributed by atoms with Gasteiger partial charge in [0.25, 0.3) is 0 Å². The van der Waals surface area contributed by atoms with Crippen LogP contribution in [0.5, 0.6) is 0 Å². The fourth-order valence-electron chi connectivity index (χ4n) is 1.07. The van der Waals surface area contributed by atoms with E-state index in [4.69, 9.17) is 0 Å². The number of hydrogen-bond acceptors (Lipinski definition) is 1. The summed E-state index contributed by atoms with van der Waals surface area (Å²) in [6.07, 6.45) is 2.14. The maximum Gasteiger partial charge on any atom is 0.246 e. The topological polar surface area (TPSA) is 29.1 Å². The molecule has 0 aliphatic carbocycles. The van der Waals surface area contributed by atoms with Crippen LogP contribution in [0.3, 0.4) is 0 Å². The van der Waals surface area contributed by atoms with Gasteiger partial charge in [0.15, 0.2) is 0 Å². The number of amides is 1. The largest absolute Gasteiger partial charge is 0.352 e. The Morgan fingerprint density at radius 2 is 2.10 bits per heavy atom. The lowest BCUT2D eigenvalue weighted by Gasteiger charge is -1.99. The molecule has 0 aromatic heterocycles. The number of hydrogen-bond donors (Lipinski definition) is 1. The Hall–Kier alpha value is -0.790. The molecule has 0 atom stereocenters. The highest BCUT2D eigenvalue weighted by atomic mass is 16.1. The van der Waals surface area contributed by atoms with E-state index in [2.05, 4.69) is 5.32 Å². The fourth-order valence-corrected chi connectivity index (χ4v) is 1.07. The summed E-state index contributed by atoms with van der Waals surface area (Å²) in [6, 6.07) is 0. The first-order chi connectivity index (χ1) is 4.72. The van der Waals surface area contributed by atoms with E-state index in [1.165, 1.54) is 5.57 Å². The zero-order valence-corrected chi connectivity index (χ0v) is 6.53. The van der Waals surface area contributed by atoms with E-state index < -0.39 is 0 Å². The third-order valence-corrected chi connectivity index (χ3v) is 1.99. The smallest absolute Gasteiger partial charge is 0.246 e. The number of nitrogens with one attached hydrogen (secondary N) is 1. The molecule has 0 bridgehead atoms. The predicted molar refractivity (Wildman–Crippen MR) is 40.6 cm³/mol.